The molecule has 0 bridgehead atoms. The Bertz CT molecular complexity index is 394. The van der Waals surface area contributed by atoms with E-state index in [0.29, 0.717) is 0 Å². The fourth-order valence-electron chi connectivity index (χ4n) is 1.26. The molecule has 0 heterocycles. The van der Waals surface area contributed by atoms with Crippen molar-refractivity contribution in [3.63, 3.8) is 0 Å². The molecule has 1 aromatic carbocycles. The first-order valence-corrected chi connectivity index (χ1v) is 5.51. The molecule has 0 unspecified atom stereocenters. The Morgan fingerprint density at radius 3 is 2.18 bits per heavy atom. The summed E-state index contributed by atoms with van der Waals surface area (Å²) in [5.74, 6) is 0.191. The van der Waals surface area contributed by atoms with Crippen LogP contribution in [0.4, 0.5) is 5.69 Å². The van der Waals surface area contributed by atoms with Gasteiger partial charge >= 0.3 is 0 Å². The van der Waals surface area contributed by atoms with E-state index in [4.69, 9.17) is 10.8 Å². The number of aryl methyl sites for hydroxylation is 1. The molecule has 0 aliphatic heterocycles. The van der Waals surface area contributed by atoms with Gasteiger partial charge in [-0.15, -0.1) is 0 Å². The molecule has 0 aromatic heterocycles. The molecule has 1 aromatic rings. The van der Waals surface area contributed by atoms with Crippen LogP contribution in [0.5, 0.6) is 0 Å². The van der Waals surface area contributed by atoms with Crippen LogP contribution in [-0.2, 0) is 0 Å². The molecule has 0 saturated heterocycles. The molecule has 0 aliphatic rings. The summed E-state index contributed by atoms with van der Waals surface area (Å²) in [6.45, 7) is 5.88. The normalized spacial score (nSPS) is 9.88. The maximum absolute atomic E-state index is 7.65. The molecule has 0 saturated carbocycles. The number of nitrogens with one attached hydrogen (secondary N) is 5. The lowest BCUT2D eigenvalue weighted by atomic mass is 10.2. The van der Waals surface area contributed by atoms with Gasteiger partial charge in [0.1, 0.15) is 0 Å². The standard InChI is InChI=1S/C12H19N5/c1-8(2)15-11(13)17-12(14)16-10-6-4-9(3)5-7-10/h4-8H,1-3H3,(H5,13,14,15,16,17). The third-order valence-electron chi connectivity index (χ3n) is 2.00. The number of hydrogen-bond acceptors (Lipinski definition) is 2. The summed E-state index contributed by atoms with van der Waals surface area (Å²) < 4.78 is 0. The van der Waals surface area contributed by atoms with Gasteiger partial charge in [-0.3, -0.25) is 16.1 Å². The zero-order valence-corrected chi connectivity index (χ0v) is 10.4. The molecule has 17 heavy (non-hydrogen) atoms. The first-order valence-electron chi connectivity index (χ1n) is 5.51. The molecule has 0 fully saturated rings. The molecule has 5 nitrogen and oxygen atoms in total. The minimum absolute atomic E-state index is 0.0759. The highest BCUT2D eigenvalue weighted by molar-refractivity contribution is 6.02. The summed E-state index contributed by atoms with van der Waals surface area (Å²) in [6, 6.07) is 7.89. The summed E-state index contributed by atoms with van der Waals surface area (Å²) in [7, 11) is 0. The highest BCUT2D eigenvalue weighted by Gasteiger charge is 2.02. The van der Waals surface area contributed by atoms with Crippen molar-refractivity contribution in [2.75, 3.05) is 5.32 Å². The average molecular weight is 233 g/mol. The van der Waals surface area contributed by atoms with Crippen LogP contribution < -0.4 is 16.0 Å². The summed E-state index contributed by atoms with van der Waals surface area (Å²) in [5, 5.41) is 23.5. The van der Waals surface area contributed by atoms with Gasteiger partial charge in [0, 0.05) is 11.7 Å². The van der Waals surface area contributed by atoms with Crippen molar-refractivity contribution >= 4 is 17.6 Å². The Kier molecular flexibility index (Phi) is 4.51. The molecular formula is C12H19N5. The van der Waals surface area contributed by atoms with Gasteiger partial charge in [-0.25, -0.2) is 0 Å². The number of rotatable bonds is 2. The average Bonchev–Trinajstić information content (AvgIpc) is 2.19. The van der Waals surface area contributed by atoms with Crippen LogP contribution in [0, 0.1) is 17.7 Å². The van der Waals surface area contributed by atoms with Crippen molar-refractivity contribution < 1.29 is 0 Å². The fourth-order valence-corrected chi connectivity index (χ4v) is 1.26. The lowest BCUT2D eigenvalue weighted by molar-refractivity contribution is 0.718. The van der Waals surface area contributed by atoms with Crippen LogP contribution in [0.2, 0.25) is 0 Å². The van der Waals surface area contributed by atoms with E-state index >= 15 is 0 Å². The van der Waals surface area contributed by atoms with E-state index in [9.17, 15) is 0 Å². The molecule has 0 radical (unpaired) electrons. The van der Waals surface area contributed by atoms with E-state index in [0.717, 1.165) is 5.69 Å². The first-order chi connectivity index (χ1) is 7.97. The van der Waals surface area contributed by atoms with E-state index in [1.54, 1.807) is 0 Å². The van der Waals surface area contributed by atoms with Crippen molar-refractivity contribution in [2.24, 2.45) is 0 Å². The molecule has 5 heteroatoms. The van der Waals surface area contributed by atoms with Gasteiger partial charge in [0.05, 0.1) is 0 Å². The molecule has 0 atom stereocenters. The SMILES string of the molecule is Cc1ccc(NC(=N)NC(=N)NC(C)C)cc1. The topological polar surface area (TPSA) is 83.8 Å². The second-order valence-electron chi connectivity index (χ2n) is 4.17. The van der Waals surface area contributed by atoms with Crippen molar-refractivity contribution in [2.45, 2.75) is 26.8 Å². The summed E-state index contributed by atoms with van der Waals surface area (Å²) in [4.78, 5) is 0. The maximum atomic E-state index is 7.65. The second-order valence-corrected chi connectivity index (χ2v) is 4.17. The predicted octanol–water partition coefficient (Wildman–Crippen LogP) is 1.86. The first kappa shape index (κ1) is 13.0. The Morgan fingerprint density at radius 1 is 1.06 bits per heavy atom. The Labute approximate surface area is 102 Å². The van der Waals surface area contributed by atoms with Crippen LogP contribution in [0.25, 0.3) is 0 Å². The summed E-state index contributed by atoms with van der Waals surface area (Å²) in [6.07, 6.45) is 0. The number of hydrogen-bond donors (Lipinski definition) is 5. The fraction of sp³-hybridized carbons (Fsp3) is 0.333. The molecular weight excluding hydrogens is 214 g/mol. The van der Waals surface area contributed by atoms with E-state index < -0.39 is 0 Å². The third-order valence-corrected chi connectivity index (χ3v) is 2.00. The molecule has 0 aliphatic carbocycles. The highest BCUT2D eigenvalue weighted by atomic mass is 15.2. The third kappa shape index (κ3) is 5.01. The van der Waals surface area contributed by atoms with Gasteiger partial charge in [0.25, 0.3) is 0 Å². The van der Waals surface area contributed by atoms with E-state index in [1.165, 1.54) is 5.56 Å². The van der Waals surface area contributed by atoms with Gasteiger partial charge < -0.3 is 10.6 Å². The monoisotopic (exact) mass is 233 g/mol. The Hall–Kier alpha value is -2.04. The molecule has 92 valence electrons. The van der Waals surface area contributed by atoms with E-state index in [-0.39, 0.29) is 18.0 Å². The second kappa shape index (κ2) is 5.89. The summed E-state index contributed by atoms with van der Waals surface area (Å²) >= 11 is 0. The van der Waals surface area contributed by atoms with E-state index in [2.05, 4.69) is 16.0 Å². The van der Waals surface area contributed by atoms with Crippen LogP contribution in [0.15, 0.2) is 24.3 Å². The van der Waals surface area contributed by atoms with Gasteiger partial charge in [-0.2, -0.15) is 0 Å². The Balaban J connectivity index is 2.44. The quantitative estimate of drug-likeness (QED) is 0.399. The highest BCUT2D eigenvalue weighted by Crippen LogP contribution is 2.07. The minimum atomic E-state index is 0.0759. The van der Waals surface area contributed by atoms with Crippen LogP contribution in [-0.4, -0.2) is 18.0 Å². The van der Waals surface area contributed by atoms with Gasteiger partial charge in [-0.05, 0) is 32.9 Å². The van der Waals surface area contributed by atoms with Crippen LogP contribution >= 0.6 is 0 Å². The maximum Gasteiger partial charge on any atom is 0.199 e. The lowest BCUT2D eigenvalue weighted by Crippen LogP contribution is -2.45. The molecule has 5 N–H and O–H groups in total. The largest absolute Gasteiger partial charge is 0.354 e. The van der Waals surface area contributed by atoms with Gasteiger partial charge in [0.2, 0.25) is 0 Å². The minimum Gasteiger partial charge on any atom is -0.354 e. The van der Waals surface area contributed by atoms with Crippen molar-refractivity contribution in [3.8, 4) is 0 Å². The smallest absolute Gasteiger partial charge is 0.199 e. The summed E-state index contributed by atoms with van der Waals surface area (Å²) in [5.41, 5.74) is 2.00. The number of guanidine groups is 2. The van der Waals surface area contributed by atoms with E-state index in [1.807, 2.05) is 45.0 Å². The van der Waals surface area contributed by atoms with Gasteiger partial charge in [-0.1, -0.05) is 17.7 Å². The van der Waals surface area contributed by atoms with Crippen molar-refractivity contribution in [3.05, 3.63) is 29.8 Å². The number of benzene rings is 1. The van der Waals surface area contributed by atoms with Crippen LogP contribution in [0.1, 0.15) is 19.4 Å². The van der Waals surface area contributed by atoms with Crippen molar-refractivity contribution in [1.82, 2.24) is 10.6 Å². The molecule has 0 spiro atoms. The predicted molar refractivity (Wildman–Crippen MR) is 71.7 cm³/mol. The van der Waals surface area contributed by atoms with Crippen LogP contribution in [0.3, 0.4) is 0 Å². The molecule has 1 rings (SSSR count). The Morgan fingerprint density at radius 2 is 1.65 bits per heavy atom. The lowest BCUT2D eigenvalue weighted by Gasteiger charge is -2.14. The number of anilines is 1. The molecule has 0 amide bonds. The zero-order chi connectivity index (χ0) is 12.8. The van der Waals surface area contributed by atoms with Crippen molar-refractivity contribution in [1.29, 1.82) is 10.8 Å². The van der Waals surface area contributed by atoms with Gasteiger partial charge in [0.15, 0.2) is 11.9 Å². The zero-order valence-electron chi connectivity index (χ0n) is 10.4.